The van der Waals surface area contributed by atoms with Crippen molar-refractivity contribution >= 4 is 27.8 Å². The number of methoxy groups -OCH3 is 2. The number of rotatable bonds is 5. The quantitative estimate of drug-likeness (QED) is 0.812. The van der Waals surface area contributed by atoms with E-state index in [9.17, 15) is 9.59 Å². The predicted octanol–water partition coefficient (Wildman–Crippen LogP) is 3.17. The van der Waals surface area contributed by atoms with Crippen molar-refractivity contribution in [2.75, 3.05) is 14.2 Å². The Balaban J connectivity index is 2.09. The van der Waals surface area contributed by atoms with E-state index in [2.05, 4.69) is 21.2 Å². The topological polar surface area (TPSA) is 64.6 Å². The average molecular weight is 378 g/mol. The van der Waals surface area contributed by atoms with Gasteiger partial charge in [0.25, 0.3) is 5.91 Å². The van der Waals surface area contributed by atoms with Gasteiger partial charge in [0.1, 0.15) is 11.3 Å². The van der Waals surface area contributed by atoms with Crippen molar-refractivity contribution in [1.82, 2.24) is 5.32 Å². The van der Waals surface area contributed by atoms with Crippen LogP contribution in [0.4, 0.5) is 0 Å². The number of carbonyl (C=O) groups is 2. The number of hydrogen-bond donors (Lipinski definition) is 1. The van der Waals surface area contributed by atoms with Gasteiger partial charge in [0.2, 0.25) is 0 Å². The number of esters is 1. The first-order valence-electron chi connectivity index (χ1n) is 6.84. The molecule has 0 saturated heterocycles. The van der Waals surface area contributed by atoms with Crippen LogP contribution >= 0.6 is 15.9 Å². The molecule has 2 aromatic carbocycles. The fourth-order valence-corrected chi connectivity index (χ4v) is 2.28. The first kappa shape index (κ1) is 17.0. The fourth-order valence-electron chi connectivity index (χ4n) is 2.02. The van der Waals surface area contributed by atoms with Crippen LogP contribution < -0.4 is 10.1 Å². The van der Waals surface area contributed by atoms with Gasteiger partial charge >= 0.3 is 5.97 Å². The molecule has 6 heteroatoms. The monoisotopic (exact) mass is 377 g/mol. The maximum absolute atomic E-state index is 12.1. The fraction of sp³-hybridized carbons (Fsp3) is 0.176. The molecule has 1 amide bonds. The minimum Gasteiger partial charge on any atom is -0.496 e. The Morgan fingerprint density at radius 2 is 1.78 bits per heavy atom. The lowest BCUT2D eigenvalue weighted by Crippen LogP contribution is -2.22. The number of hydrogen-bond acceptors (Lipinski definition) is 4. The van der Waals surface area contributed by atoms with Crippen LogP contribution in [0.2, 0.25) is 0 Å². The maximum atomic E-state index is 12.1. The molecule has 23 heavy (non-hydrogen) atoms. The molecule has 0 bridgehead atoms. The molecular weight excluding hydrogens is 362 g/mol. The van der Waals surface area contributed by atoms with Crippen LogP contribution in [0.15, 0.2) is 46.9 Å². The number of benzene rings is 2. The van der Waals surface area contributed by atoms with Crippen molar-refractivity contribution in [3.05, 3.63) is 63.6 Å². The van der Waals surface area contributed by atoms with Crippen molar-refractivity contribution < 1.29 is 19.1 Å². The van der Waals surface area contributed by atoms with E-state index in [1.54, 1.807) is 42.5 Å². The highest BCUT2D eigenvalue weighted by molar-refractivity contribution is 9.10. The van der Waals surface area contributed by atoms with E-state index in [1.165, 1.54) is 14.2 Å². The molecule has 0 atom stereocenters. The summed E-state index contributed by atoms with van der Waals surface area (Å²) in [7, 11) is 2.79. The summed E-state index contributed by atoms with van der Waals surface area (Å²) in [6.07, 6.45) is 0. The summed E-state index contributed by atoms with van der Waals surface area (Å²) >= 11 is 3.32. The smallest absolute Gasteiger partial charge is 0.341 e. The minimum absolute atomic E-state index is 0.187. The second-order valence-corrected chi connectivity index (χ2v) is 5.63. The Morgan fingerprint density at radius 3 is 2.39 bits per heavy atom. The van der Waals surface area contributed by atoms with E-state index >= 15 is 0 Å². The molecule has 0 saturated carbocycles. The van der Waals surface area contributed by atoms with Gasteiger partial charge in [-0.25, -0.2) is 4.79 Å². The van der Waals surface area contributed by atoms with Gasteiger partial charge in [-0.1, -0.05) is 22.0 Å². The molecule has 0 heterocycles. The Hall–Kier alpha value is -2.34. The molecule has 2 rings (SSSR count). The van der Waals surface area contributed by atoms with Crippen molar-refractivity contribution in [2.45, 2.75) is 6.54 Å². The number of carbonyl (C=O) groups excluding carboxylic acids is 2. The molecule has 1 N–H and O–H groups in total. The molecule has 2 aromatic rings. The second kappa shape index (κ2) is 7.78. The van der Waals surface area contributed by atoms with Crippen LogP contribution in [0.5, 0.6) is 5.75 Å². The standard InChI is InChI=1S/C17H16BrNO4/c1-22-15-8-3-11(9-14(15)17(21)23-2)10-19-16(20)12-4-6-13(18)7-5-12/h3-9H,10H2,1-2H3,(H,19,20). The Bertz CT molecular complexity index is 713. The predicted molar refractivity (Wildman–Crippen MR) is 89.6 cm³/mol. The zero-order valence-corrected chi connectivity index (χ0v) is 14.3. The van der Waals surface area contributed by atoms with Gasteiger partial charge < -0.3 is 14.8 Å². The summed E-state index contributed by atoms with van der Waals surface area (Å²) in [5.41, 5.74) is 1.66. The van der Waals surface area contributed by atoms with Gasteiger partial charge in [0, 0.05) is 16.6 Å². The molecule has 0 unspecified atom stereocenters. The molecule has 5 nitrogen and oxygen atoms in total. The summed E-state index contributed by atoms with van der Waals surface area (Å²) in [4.78, 5) is 23.8. The lowest BCUT2D eigenvalue weighted by Gasteiger charge is -2.10. The number of amides is 1. The third-order valence-electron chi connectivity index (χ3n) is 3.23. The van der Waals surface area contributed by atoms with Gasteiger partial charge in [-0.3, -0.25) is 4.79 Å². The van der Waals surface area contributed by atoms with Crippen LogP contribution in [0.1, 0.15) is 26.3 Å². The van der Waals surface area contributed by atoms with E-state index in [0.717, 1.165) is 10.0 Å². The van der Waals surface area contributed by atoms with Crippen LogP contribution in [0.3, 0.4) is 0 Å². The lowest BCUT2D eigenvalue weighted by molar-refractivity contribution is 0.0597. The van der Waals surface area contributed by atoms with Gasteiger partial charge in [-0.05, 0) is 42.0 Å². The third-order valence-corrected chi connectivity index (χ3v) is 3.76. The van der Waals surface area contributed by atoms with E-state index in [1.807, 2.05) is 0 Å². The van der Waals surface area contributed by atoms with E-state index < -0.39 is 5.97 Å². The zero-order valence-electron chi connectivity index (χ0n) is 12.8. The zero-order chi connectivity index (χ0) is 16.8. The van der Waals surface area contributed by atoms with Gasteiger partial charge in [0.05, 0.1) is 14.2 Å². The third kappa shape index (κ3) is 4.32. The minimum atomic E-state index is -0.483. The lowest BCUT2D eigenvalue weighted by atomic mass is 10.1. The normalized spacial score (nSPS) is 10.0. The van der Waals surface area contributed by atoms with Gasteiger partial charge in [-0.15, -0.1) is 0 Å². The highest BCUT2D eigenvalue weighted by atomic mass is 79.9. The number of halogens is 1. The Labute approximate surface area is 142 Å². The molecule has 120 valence electrons. The van der Waals surface area contributed by atoms with Crippen molar-refractivity contribution in [3.8, 4) is 5.75 Å². The largest absolute Gasteiger partial charge is 0.496 e. The Morgan fingerprint density at radius 1 is 1.09 bits per heavy atom. The van der Waals surface area contributed by atoms with Crippen LogP contribution in [-0.4, -0.2) is 26.1 Å². The molecule has 0 aliphatic carbocycles. The molecule has 0 aromatic heterocycles. The molecular formula is C17H16BrNO4. The Kier molecular flexibility index (Phi) is 5.76. The maximum Gasteiger partial charge on any atom is 0.341 e. The van der Waals surface area contributed by atoms with E-state index in [0.29, 0.717) is 23.4 Å². The molecule has 0 aliphatic heterocycles. The van der Waals surface area contributed by atoms with Crippen LogP contribution in [0, 0.1) is 0 Å². The number of ether oxygens (including phenoxy) is 2. The van der Waals surface area contributed by atoms with E-state index in [-0.39, 0.29) is 5.91 Å². The van der Waals surface area contributed by atoms with Crippen LogP contribution in [0.25, 0.3) is 0 Å². The van der Waals surface area contributed by atoms with Crippen molar-refractivity contribution in [2.24, 2.45) is 0 Å². The van der Waals surface area contributed by atoms with Gasteiger partial charge in [0.15, 0.2) is 0 Å². The summed E-state index contributed by atoms with van der Waals surface area (Å²) in [6, 6.07) is 12.2. The van der Waals surface area contributed by atoms with Gasteiger partial charge in [-0.2, -0.15) is 0 Å². The van der Waals surface area contributed by atoms with Crippen LogP contribution in [-0.2, 0) is 11.3 Å². The van der Waals surface area contributed by atoms with E-state index in [4.69, 9.17) is 9.47 Å². The van der Waals surface area contributed by atoms with Crippen molar-refractivity contribution in [3.63, 3.8) is 0 Å². The highest BCUT2D eigenvalue weighted by Crippen LogP contribution is 2.21. The SMILES string of the molecule is COC(=O)c1cc(CNC(=O)c2ccc(Br)cc2)ccc1OC. The average Bonchev–Trinajstić information content (AvgIpc) is 2.59. The highest BCUT2D eigenvalue weighted by Gasteiger charge is 2.14. The number of nitrogens with one attached hydrogen (secondary N) is 1. The summed E-state index contributed by atoms with van der Waals surface area (Å²) in [5, 5.41) is 2.81. The summed E-state index contributed by atoms with van der Waals surface area (Å²) in [6.45, 7) is 0.295. The van der Waals surface area contributed by atoms with Crippen molar-refractivity contribution in [1.29, 1.82) is 0 Å². The summed E-state index contributed by atoms with van der Waals surface area (Å²) < 4.78 is 10.8. The molecule has 0 radical (unpaired) electrons. The first-order chi connectivity index (χ1) is 11.0. The molecule has 0 spiro atoms. The summed E-state index contributed by atoms with van der Waals surface area (Å²) in [5.74, 6) is -0.240. The molecule has 0 aliphatic rings. The first-order valence-corrected chi connectivity index (χ1v) is 7.63. The second-order valence-electron chi connectivity index (χ2n) is 4.72. The molecule has 0 fully saturated rings.